The molecule has 0 aliphatic heterocycles. The summed E-state index contributed by atoms with van der Waals surface area (Å²) in [4.78, 5) is 12.5. The van der Waals surface area contributed by atoms with Crippen LogP contribution in [0.25, 0.3) is 0 Å². The third kappa shape index (κ3) is 4.80. The van der Waals surface area contributed by atoms with Crippen molar-refractivity contribution in [3.63, 3.8) is 0 Å². The summed E-state index contributed by atoms with van der Waals surface area (Å²) in [5.41, 5.74) is 0.987. The maximum absolute atomic E-state index is 12.3. The molecule has 1 N–H and O–H groups in total. The molecule has 2 aromatic rings. The molecule has 1 amide bonds. The van der Waals surface area contributed by atoms with Crippen LogP contribution < -0.4 is 10.1 Å². The molecule has 0 spiro atoms. The van der Waals surface area contributed by atoms with Gasteiger partial charge in [0.25, 0.3) is 5.91 Å². The van der Waals surface area contributed by atoms with E-state index in [2.05, 4.69) is 5.32 Å². The van der Waals surface area contributed by atoms with E-state index in [0.29, 0.717) is 23.6 Å². The van der Waals surface area contributed by atoms with Crippen molar-refractivity contribution >= 4 is 21.6 Å². The maximum atomic E-state index is 12.3. The second-order valence-corrected chi connectivity index (χ2v) is 7.79. The minimum Gasteiger partial charge on any atom is -0.494 e. The largest absolute Gasteiger partial charge is 0.494 e. The molecule has 0 bridgehead atoms. The van der Waals surface area contributed by atoms with Crippen LogP contribution in [0.3, 0.4) is 0 Å². The van der Waals surface area contributed by atoms with Gasteiger partial charge in [-0.1, -0.05) is 13.0 Å². The van der Waals surface area contributed by atoms with Gasteiger partial charge in [0.1, 0.15) is 5.75 Å². The lowest BCUT2D eigenvalue weighted by molar-refractivity contribution is 0.102. The molecule has 0 fully saturated rings. The molecule has 25 heavy (non-hydrogen) atoms. The van der Waals surface area contributed by atoms with Crippen molar-refractivity contribution in [2.75, 3.05) is 26.0 Å². The number of rotatable bonds is 7. The number of nitrogens with zero attached hydrogens (tertiary/aromatic N) is 1. The number of hydrogen-bond donors (Lipinski definition) is 1. The zero-order valence-corrected chi connectivity index (χ0v) is 15.3. The molecule has 134 valence electrons. The topological polar surface area (TPSA) is 75.7 Å². The average Bonchev–Trinajstić information content (AvgIpc) is 2.60. The molecular formula is C18H22N2O4S. The molecule has 2 aromatic carbocycles. The Hall–Kier alpha value is -2.38. The van der Waals surface area contributed by atoms with Gasteiger partial charge in [-0.05, 0) is 48.9 Å². The summed E-state index contributed by atoms with van der Waals surface area (Å²) in [6.45, 7) is 2.60. The van der Waals surface area contributed by atoms with Crippen molar-refractivity contribution in [1.82, 2.24) is 4.31 Å². The number of ether oxygens (including phenoxy) is 1. The van der Waals surface area contributed by atoms with E-state index in [-0.39, 0.29) is 10.8 Å². The van der Waals surface area contributed by atoms with Gasteiger partial charge in [-0.15, -0.1) is 0 Å². The fourth-order valence-electron chi connectivity index (χ4n) is 2.07. The first-order valence-corrected chi connectivity index (χ1v) is 9.35. The van der Waals surface area contributed by atoms with Crippen molar-refractivity contribution in [3.05, 3.63) is 54.1 Å². The fourth-order valence-corrected chi connectivity index (χ4v) is 2.97. The van der Waals surface area contributed by atoms with Crippen LogP contribution in [0.2, 0.25) is 0 Å². The van der Waals surface area contributed by atoms with Gasteiger partial charge in [0, 0.05) is 25.3 Å². The van der Waals surface area contributed by atoms with Crippen LogP contribution in [0.15, 0.2) is 53.4 Å². The van der Waals surface area contributed by atoms with Crippen molar-refractivity contribution in [2.24, 2.45) is 0 Å². The van der Waals surface area contributed by atoms with E-state index in [1.807, 2.05) is 6.92 Å². The third-order valence-electron chi connectivity index (χ3n) is 3.46. The number of anilines is 1. The molecule has 0 heterocycles. The van der Waals surface area contributed by atoms with Crippen LogP contribution in [0.5, 0.6) is 5.75 Å². The highest BCUT2D eigenvalue weighted by molar-refractivity contribution is 7.89. The Kier molecular flexibility index (Phi) is 6.17. The second kappa shape index (κ2) is 8.13. The van der Waals surface area contributed by atoms with Gasteiger partial charge >= 0.3 is 0 Å². The summed E-state index contributed by atoms with van der Waals surface area (Å²) in [5.74, 6) is 0.354. The number of sulfonamides is 1. The van der Waals surface area contributed by atoms with Gasteiger partial charge in [0.2, 0.25) is 10.0 Å². The Morgan fingerprint density at radius 2 is 1.80 bits per heavy atom. The van der Waals surface area contributed by atoms with E-state index in [1.165, 1.54) is 26.2 Å². The predicted molar refractivity (Wildman–Crippen MR) is 97.5 cm³/mol. The van der Waals surface area contributed by atoms with Crippen molar-refractivity contribution in [3.8, 4) is 5.75 Å². The zero-order chi connectivity index (χ0) is 18.4. The Bertz CT molecular complexity index is 830. The minimum absolute atomic E-state index is 0.172. The Morgan fingerprint density at radius 1 is 1.12 bits per heavy atom. The van der Waals surface area contributed by atoms with E-state index < -0.39 is 10.0 Å². The number of benzene rings is 2. The molecule has 6 nitrogen and oxygen atoms in total. The molecule has 0 aliphatic rings. The number of carbonyl (C=O) groups excluding carboxylic acids is 1. The van der Waals surface area contributed by atoms with Gasteiger partial charge in [-0.25, -0.2) is 12.7 Å². The van der Waals surface area contributed by atoms with Crippen LogP contribution in [0, 0.1) is 0 Å². The van der Waals surface area contributed by atoms with E-state index in [4.69, 9.17) is 4.74 Å². The van der Waals surface area contributed by atoms with Gasteiger partial charge in [-0.3, -0.25) is 4.79 Å². The third-order valence-corrected chi connectivity index (χ3v) is 5.29. The van der Waals surface area contributed by atoms with E-state index in [1.54, 1.807) is 36.4 Å². The molecule has 0 saturated heterocycles. The highest BCUT2D eigenvalue weighted by atomic mass is 32.2. The molecule has 7 heteroatoms. The molecule has 0 aliphatic carbocycles. The molecule has 0 radical (unpaired) electrons. The summed E-state index contributed by atoms with van der Waals surface area (Å²) in [6, 6.07) is 13.0. The van der Waals surface area contributed by atoms with Gasteiger partial charge in [0.05, 0.1) is 11.5 Å². The lowest BCUT2D eigenvalue weighted by Crippen LogP contribution is -2.22. The summed E-state index contributed by atoms with van der Waals surface area (Å²) >= 11 is 0. The first-order chi connectivity index (χ1) is 11.8. The molecular weight excluding hydrogens is 340 g/mol. The predicted octanol–water partition coefficient (Wildman–Crippen LogP) is 2.98. The first-order valence-electron chi connectivity index (χ1n) is 7.91. The van der Waals surface area contributed by atoms with Crippen LogP contribution in [-0.4, -0.2) is 39.3 Å². The number of carbonyl (C=O) groups is 1. The molecule has 0 atom stereocenters. The van der Waals surface area contributed by atoms with Gasteiger partial charge in [0.15, 0.2) is 0 Å². The van der Waals surface area contributed by atoms with Crippen molar-refractivity contribution in [1.29, 1.82) is 0 Å². The summed E-state index contributed by atoms with van der Waals surface area (Å²) in [6.07, 6.45) is 0.888. The van der Waals surface area contributed by atoms with E-state index in [9.17, 15) is 13.2 Å². The quantitative estimate of drug-likeness (QED) is 0.822. The zero-order valence-electron chi connectivity index (χ0n) is 14.5. The van der Waals surface area contributed by atoms with Crippen LogP contribution >= 0.6 is 0 Å². The van der Waals surface area contributed by atoms with Crippen LogP contribution in [-0.2, 0) is 10.0 Å². The standard InChI is InChI=1S/C18H22N2O4S/c1-4-12-24-16-7-5-6-14(13-16)18(21)19-15-8-10-17(11-9-15)25(22,23)20(2)3/h5-11,13H,4,12H2,1-3H3,(H,19,21). The minimum atomic E-state index is -3.48. The Morgan fingerprint density at radius 3 is 2.40 bits per heavy atom. The maximum Gasteiger partial charge on any atom is 0.255 e. The lowest BCUT2D eigenvalue weighted by Gasteiger charge is -2.12. The molecule has 0 saturated carbocycles. The fraction of sp³-hybridized carbons (Fsp3) is 0.278. The number of hydrogen-bond acceptors (Lipinski definition) is 4. The van der Waals surface area contributed by atoms with E-state index in [0.717, 1.165) is 10.7 Å². The van der Waals surface area contributed by atoms with Gasteiger partial charge in [-0.2, -0.15) is 0 Å². The molecule has 0 unspecified atom stereocenters. The highest BCUT2D eigenvalue weighted by Crippen LogP contribution is 2.18. The SMILES string of the molecule is CCCOc1cccc(C(=O)Nc2ccc(S(=O)(=O)N(C)C)cc2)c1. The van der Waals surface area contributed by atoms with Crippen LogP contribution in [0.1, 0.15) is 23.7 Å². The Labute approximate surface area is 148 Å². The highest BCUT2D eigenvalue weighted by Gasteiger charge is 2.17. The lowest BCUT2D eigenvalue weighted by atomic mass is 10.2. The molecule has 2 rings (SSSR count). The normalized spacial score (nSPS) is 11.4. The number of amides is 1. The van der Waals surface area contributed by atoms with Crippen LogP contribution in [0.4, 0.5) is 5.69 Å². The summed E-state index contributed by atoms with van der Waals surface area (Å²) in [7, 11) is -0.543. The van der Waals surface area contributed by atoms with Crippen molar-refractivity contribution < 1.29 is 17.9 Å². The van der Waals surface area contributed by atoms with E-state index >= 15 is 0 Å². The second-order valence-electron chi connectivity index (χ2n) is 5.64. The smallest absolute Gasteiger partial charge is 0.255 e. The number of nitrogens with one attached hydrogen (secondary N) is 1. The van der Waals surface area contributed by atoms with Crippen molar-refractivity contribution in [2.45, 2.75) is 18.2 Å². The average molecular weight is 362 g/mol. The summed E-state index contributed by atoms with van der Waals surface area (Å²) in [5, 5.41) is 2.75. The Balaban J connectivity index is 2.11. The first kappa shape index (κ1) is 19.0. The van der Waals surface area contributed by atoms with Gasteiger partial charge < -0.3 is 10.1 Å². The monoisotopic (exact) mass is 362 g/mol. The molecule has 0 aromatic heterocycles. The summed E-state index contributed by atoms with van der Waals surface area (Å²) < 4.78 is 30.7.